The molecule has 1 amide bonds. The standard InChI is InChI=1S/C21H27F3N2O/c22-21(23,24)16-4-1-3-15(12-16)20(7-2-8-20)13-25-19(27)11-14-9-17-5-6-18(10-14)26-17/h1,3-4,12,14,17-18,26H,2,5-11,13H2,(H,25,27). The zero-order valence-corrected chi connectivity index (χ0v) is 15.4. The number of hydrogen-bond acceptors (Lipinski definition) is 2. The van der Waals surface area contributed by atoms with Gasteiger partial charge in [-0.15, -0.1) is 0 Å². The van der Waals surface area contributed by atoms with Crippen molar-refractivity contribution in [3.63, 3.8) is 0 Å². The number of alkyl halides is 3. The fourth-order valence-corrected chi connectivity index (χ4v) is 5.14. The monoisotopic (exact) mass is 380 g/mol. The molecule has 2 heterocycles. The summed E-state index contributed by atoms with van der Waals surface area (Å²) >= 11 is 0. The van der Waals surface area contributed by atoms with Crippen LogP contribution in [-0.4, -0.2) is 24.5 Å². The topological polar surface area (TPSA) is 41.1 Å². The van der Waals surface area contributed by atoms with Crippen LogP contribution in [0.4, 0.5) is 13.2 Å². The van der Waals surface area contributed by atoms with Gasteiger partial charge < -0.3 is 10.6 Å². The zero-order chi connectivity index (χ0) is 19.1. The lowest BCUT2D eigenvalue weighted by Crippen LogP contribution is -2.46. The molecule has 2 unspecified atom stereocenters. The van der Waals surface area contributed by atoms with Gasteiger partial charge in [0.15, 0.2) is 0 Å². The summed E-state index contributed by atoms with van der Waals surface area (Å²) in [7, 11) is 0. The molecule has 3 aliphatic rings. The summed E-state index contributed by atoms with van der Waals surface area (Å²) < 4.78 is 39.1. The number of rotatable bonds is 5. The quantitative estimate of drug-likeness (QED) is 0.805. The van der Waals surface area contributed by atoms with Crippen molar-refractivity contribution in [2.45, 2.75) is 75.0 Å². The highest BCUT2D eigenvalue weighted by atomic mass is 19.4. The predicted molar refractivity (Wildman–Crippen MR) is 97.3 cm³/mol. The Hall–Kier alpha value is -1.56. The molecule has 0 aromatic heterocycles. The molecule has 3 fully saturated rings. The molecule has 1 aromatic rings. The summed E-state index contributed by atoms with van der Waals surface area (Å²) in [5, 5.41) is 6.62. The molecule has 2 bridgehead atoms. The van der Waals surface area contributed by atoms with Crippen molar-refractivity contribution in [1.82, 2.24) is 10.6 Å². The van der Waals surface area contributed by atoms with Gasteiger partial charge in [0.2, 0.25) is 5.91 Å². The average Bonchev–Trinajstić information content (AvgIpc) is 2.92. The van der Waals surface area contributed by atoms with E-state index in [1.165, 1.54) is 25.0 Å². The first kappa shape index (κ1) is 18.8. The minimum absolute atomic E-state index is 0.0413. The molecule has 2 N–H and O–H groups in total. The Balaban J connectivity index is 1.37. The molecule has 6 heteroatoms. The second-order valence-electron chi connectivity index (χ2n) is 8.67. The molecule has 27 heavy (non-hydrogen) atoms. The van der Waals surface area contributed by atoms with Crippen LogP contribution in [0.5, 0.6) is 0 Å². The van der Waals surface area contributed by atoms with Crippen LogP contribution in [0.15, 0.2) is 24.3 Å². The largest absolute Gasteiger partial charge is 0.416 e. The van der Waals surface area contributed by atoms with E-state index in [1.807, 2.05) is 0 Å². The molecule has 4 rings (SSSR count). The van der Waals surface area contributed by atoms with Crippen LogP contribution in [0, 0.1) is 5.92 Å². The Morgan fingerprint density at radius 2 is 1.89 bits per heavy atom. The number of benzene rings is 1. The molecular formula is C21H27F3N2O. The summed E-state index contributed by atoms with van der Waals surface area (Å²) in [6.45, 7) is 0.435. The Morgan fingerprint density at radius 1 is 1.19 bits per heavy atom. The van der Waals surface area contributed by atoms with Gasteiger partial charge in [-0.25, -0.2) is 0 Å². The van der Waals surface area contributed by atoms with Gasteiger partial charge in [-0.05, 0) is 56.1 Å². The van der Waals surface area contributed by atoms with Gasteiger partial charge in [-0.2, -0.15) is 13.2 Å². The maximum Gasteiger partial charge on any atom is 0.416 e. The Bertz CT molecular complexity index is 687. The van der Waals surface area contributed by atoms with Crippen LogP contribution in [0.3, 0.4) is 0 Å². The number of halogens is 3. The molecule has 2 aliphatic heterocycles. The molecular weight excluding hydrogens is 353 g/mol. The number of nitrogens with one attached hydrogen (secondary N) is 2. The highest BCUT2D eigenvalue weighted by molar-refractivity contribution is 5.76. The van der Waals surface area contributed by atoms with E-state index in [2.05, 4.69) is 10.6 Å². The Kier molecular flexibility index (Phi) is 4.95. The first-order valence-corrected chi connectivity index (χ1v) is 10.0. The van der Waals surface area contributed by atoms with Crippen molar-refractivity contribution in [3.8, 4) is 0 Å². The maximum absolute atomic E-state index is 13.0. The van der Waals surface area contributed by atoms with E-state index in [1.54, 1.807) is 6.07 Å². The summed E-state index contributed by atoms with van der Waals surface area (Å²) in [5.74, 6) is 0.467. The number of hydrogen-bond donors (Lipinski definition) is 2. The fourth-order valence-electron chi connectivity index (χ4n) is 5.14. The molecule has 1 aromatic carbocycles. The third-order valence-electron chi connectivity index (χ3n) is 6.78. The summed E-state index contributed by atoms with van der Waals surface area (Å²) in [6.07, 6.45) is 3.38. The maximum atomic E-state index is 13.0. The van der Waals surface area contributed by atoms with Crippen molar-refractivity contribution in [3.05, 3.63) is 35.4 Å². The molecule has 3 nitrogen and oxygen atoms in total. The Morgan fingerprint density at radius 3 is 2.48 bits per heavy atom. The van der Waals surface area contributed by atoms with Gasteiger partial charge in [-0.1, -0.05) is 24.6 Å². The first-order valence-electron chi connectivity index (χ1n) is 10.0. The number of carbonyl (C=O) groups is 1. The zero-order valence-electron chi connectivity index (χ0n) is 15.4. The normalized spacial score (nSPS) is 29.2. The second kappa shape index (κ2) is 7.12. The van der Waals surface area contributed by atoms with Gasteiger partial charge in [0.05, 0.1) is 5.56 Å². The van der Waals surface area contributed by atoms with E-state index in [9.17, 15) is 18.0 Å². The van der Waals surface area contributed by atoms with E-state index in [0.29, 0.717) is 36.5 Å². The van der Waals surface area contributed by atoms with Gasteiger partial charge in [0, 0.05) is 30.5 Å². The number of amides is 1. The van der Waals surface area contributed by atoms with Gasteiger partial charge in [-0.3, -0.25) is 4.79 Å². The second-order valence-corrected chi connectivity index (χ2v) is 8.67. The highest BCUT2D eigenvalue weighted by Gasteiger charge is 2.41. The van der Waals surface area contributed by atoms with E-state index in [-0.39, 0.29) is 11.3 Å². The van der Waals surface area contributed by atoms with Crippen LogP contribution < -0.4 is 10.6 Å². The van der Waals surface area contributed by atoms with E-state index < -0.39 is 11.7 Å². The van der Waals surface area contributed by atoms with Crippen LogP contribution >= 0.6 is 0 Å². The molecule has 2 saturated heterocycles. The van der Waals surface area contributed by atoms with Crippen molar-refractivity contribution >= 4 is 5.91 Å². The third kappa shape index (κ3) is 4.00. The minimum Gasteiger partial charge on any atom is -0.355 e. The lowest BCUT2D eigenvalue weighted by atomic mass is 9.64. The molecule has 2 atom stereocenters. The molecule has 148 valence electrons. The van der Waals surface area contributed by atoms with Crippen molar-refractivity contribution in [2.75, 3.05) is 6.54 Å². The van der Waals surface area contributed by atoms with E-state index in [4.69, 9.17) is 0 Å². The van der Waals surface area contributed by atoms with Crippen LogP contribution in [0.25, 0.3) is 0 Å². The number of carbonyl (C=O) groups excluding carboxylic acids is 1. The van der Waals surface area contributed by atoms with Crippen LogP contribution in [0.2, 0.25) is 0 Å². The lowest BCUT2D eigenvalue weighted by Gasteiger charge is -2.43. The lowest BCUT2D eigenvalue weighted by molar-refractivity contribution is -0.137. The smallest absolute Gasteiger partial charge is 0.355 e. The summed E-state index contributed by atoms with van der Waals surface area (Å²) in [6, 6.07) is 6.74. The van der Waals surface area contributed by atoms with Gasteiger partial charge in [0.1, 0.15) is 0 Å². The highest BCUT2D eigenvalue weighted by Crippen LogP contribution is 2.44. The van der Waals surface area contributed by atoms with Crippen molar-refractivity contribution in [2.24, 2.45) is 5.92 Å². The predicted octanol–water partition coefficient (Wildman–Crippen LogP) is 4.16. The SMILES string of the molecule is O=C(CC1CC2CCC(C1)N2)NCC1(c2cccc(C(F)(F)F)c2)CCC1. The number of piperidine rings is 1. The molecule has 0 radical (unpaired) electrons. The van der Waals surface area contributed by atoms with Crippen LogP contribution in [0.1, 0.15) is 62.5 Å². The molecule has 1 aliphatic carbocycles. The first-order chi connectivity index (χ1) is 12.8. The third-order valence-corrected chi connectivity index (χ3v) is 6.78. The summed E-state index contributed by atoms with van der Waals surface area (Å²) in [4.78, 5) is 12.5. The van der Waals surface area contributed by atoms with Crippen molar-refractivity contribution in [1.29, 1.82) is 0 Å². The average molecular weight is 380 g/mol. The Labute approximate surface area is 158 Å². The number of fused-ring (bicyclic) bond motifs is 2. The molecule has 0 spiro atoms. The van der Waals surface area contributed by atoms with Gasteiger partial charge >= 0.3 is 6.18 Å². The van der Waals surface area contributed by atoms with Crippen LogP contribution in [-0.2, 0) is 16.4 Å². The minimum atomic E-state index is -4.33. The van der Waals surface area contributed by atoms with E-state index >= 15 is 0 Å². The molecule has 1 saturated carbocycles. The van der Waals surface area contributed by atoms with Gasteiger partial charge in [0.25, 0.3) is 0 Å². The van der Waals surface area contributed by atoms with E-state index in [0.717, 1.165) is 38.2 Å². The van der Waals surface area contributed by atoms with Crippen molar-refractivity contribution < 1.29 is 18.0 Å². The fraction of sp³-hybridized carbons (Fsp3) is 0.667. The summed E-state index contributed by atoms with van der Waals surface area (Å²) in [5.41, 5.74) is -0.254.